The molecular weight excluding hydrogens is 216 g/mol. The number of nitrogens with two attached hydrogens (primary N) is 1. The van der Waals surface area contributed by atoms with E-state index >= 15 is 0 Å². The van der Waals surface area contributed by atoms with E-state index in [0.717, 1.165) is 32.2 Å². The van der Waals surface area contributed by atoms with Gasteiger partial charge in [0.25, 0.3) is 0 Å². The molecule has 1 aliphatic heterocycles. The normalized spacial score (nSPS) is 22.9. The van der Waals surface area contributed by atoms with Gasteiger partial charge in [-0.1, -0.05) is 20.8 Å². The monoisotopic (exact) mass is 242 g/mol. The van der Waals surface area contributed by atoms with Crippen LogP contribution in [0.4, 0.5) is 0 Å². The van der Waals surface area contributed by atoms with Crippen LogP contribution in [-0.2, 0) is 4.79 Å². The molecule has 4 nitrogen and oxygen atoms in total. The Hall–Kier alpha value is -0.610. The minimum atomic E-state index is -0.433. The molecule has 0 spiro atoms. The number of carbonyl (C=O) groups excluding carboxylic acids is 1. The van der Waals surface area contributed by atoms with Crippen molar-refractivity contribution in [1.82, 2.24) is 4.90 Å². The van der Waals surface area contributed by atoms with Crippen LogP contribution in [0.1, 0.15) is 46.5 Å². The number of rotatable bonds is 4. The van der Waals surface area contributed by atoms with Gasteiger partial charge in [0.05, 0.1) is 6.04 Å². The third-order valence-electron chi connectivity index (χ3n) is 3.55. The number of amides is 1. The molecule has 1 fully saturated rings. The molecule has 1 rings (SSSR count). The molecule has 3 N–H and O–H groups in total. The van der Waals surface area contributed by atoms with Gasteiger partial charge in [0.2, 0.25) is 5.91 Å². The Labute approximate surface area is 104 Å². The van der Waals surface area contributed by atoms with Gasteiger partial charge in [-0.2, -0.15) is 0 Å². The molecule has 1 heterocycles. The molecule has 1 amide bonds. The van der Waals surface area contributed by atoms with Gasteiger partial charge in [-0.15, -0.1) is 0 Å². The fourth-order valence-corrected chi connectivity index (χ4v) is 2.30. The molecule has 0 aromatic rings. The molecule has 17 heavy (non-hydrogen) atoms. The standard InChI is InChI=1S/C13H26N2O2/c1-13(2,3)11(14)12(17)15-8-4-6-10(15)7-5-9-16/h10-11,16H,4-9,14H2,1-3H3/t10?,11-/m1/s1. The molecule has 100 valence electrons. The van der Waals surface area contributed by atoms with Gasteiger partial charge in [-0.05, 0) is 31.1 Å². The predicted molar refractivity (Wildman–Crippen MR) is 68.5 cm³/mol. The molecule has 4 heteroatoms. The van der Waals surface area contributed by atoms with Crippen LogP contribution in [0.5, 0.6) is 0 Å². The summed E-state index contributed by atoms with van der Waals surface area (Å²) in [4.78, 5) is 14.2. The maximum absolute atomic E-state index is 12.3. The summed E-state index contributed by atoms with van der Waals surface area (Å²) < 4.78 is 0. The zero-order valence-corrected chi connectivity index (χ0v) is 11.3. The Kier molecular flexibility index (Phi) is 4.95. The first kappa shape index (κ1) is 14.5. The number of carbonyl (C=O) groups is 1. The summed E-state index contributed by atoms with van der Waals surface area (Å²) in [7, 11) is 0. The summed E-state index contributed by atoms with van der Waals surface area (Å²) >= 11 is 0. The molecule has 0 aromatic heterocycles. The summed E-state index contributed by atoms with van der Waals surface area (Å²) in [5.41, 5.74) is 5.83. The lowest BCUT2D eigenvalue weighted by molar-refractivity contribution is -0.135. The Bertz CT molecular complexity index is 261. The smallest absolute Gasteiger partial charge is 0.240 e. The molecule has 2 atom stereocenters. The predicted octanol–water partition coefficient (Wildman–Crippen LogP) is 1.12. The van der Waals surface area contributed by atoms with Crippen LogP contribution in [-0.4, -0.2) is 41.1 Å². The van der Waals surface area contributed by atoms with E-state index in [-0.39, 0.29) is 24.0 Å². The van der Waals surface area contributed by atoms with Crippen LogP contribution in [0.15, 0.2) is 0 Å². The van der Waals surface area contributed by atoms with Crippen molar-refractivity contribution in [2.45, 2.75) is 58.5 Å². The molecular formula is C13H26N2O2. The van der Waals surface area contributed by atoms with Crippen LogP contribution in [0.3, 0.4) is 0 Å². The number of aliphatic hydroxyl groups is 1. The third kappa shape index (κ3) is 3.68. The average molecular weight is 242 g/mol. The summed E-state index contributed by atoms with van der Waals surface area (Å²) in [6, 6.07) is -0.153. The highest BCUT2D eigenvalue weighted by molar-refractivity contribution is 5.83. The van der Waals surface area contributed by atoms with Gasteiger partial charge in [0, 0.05) is 19.2 Å². The van der Waals surface area contributed by atoms with Crippen molar-refractivity contribution >= 4 is 5.91 Å². The second-order valence-electron chi connectivity index (χ2n) is 6.04. The van der Waals surface area contributed by atoms with Crippen LogP contribution in [0.25, 0.3) is 0 Å². The summed E-state index contributed by atoms with van der Waals surface area (Å²) in [6.07, 6.45) is 3.75. The Balaban J connectivity index is 2.61. The first-order chi connectivity index (χ1) is 7.88. The molecule has 0 saturated carbocycles. The summed E-state index contributed by atoms with van der Waals surface area (Å²) in [5.74, 6) is 0.0675. The van der Waals surface area contributed by atoms with E-state index in [1.165, 1.54) is 0 Å². The Morgan fingerprint density at radius 3 is 2.71 bits per heavy atom. The lowest BCUT2D eigenvalue weighted by atomic mass is 9.86. The number of hydrogen-bond acceptors (Lipinski definition) is 3. The largest absolute Gasteiger partial charge is 0.396 e. The van der Waals surface area contributed by atoms with E-state index in [1.807, 2.05) is 25.7 Å². The lowest BCUT2D eigenvalue weighted by Gasteiger charge is -2.33. The highest BCUT2D eigenvalue weighted by Gasteiger charge is 2.35. The van der Waals surface area contributed by atoms with Gasteiger partial charge >= 0.3 is 0 Å². The quantitative estimate of drug-likeness (QED) is 0.776. The van der Waals surface area contributed by atoms with Crippen molar-refractivity contribution in [1.29, 1.82) is 0 Å². The van der Waals surface area contributed by atoms with Crippen LogP contribution in [0, 0.1) is 5.41 Å². The second-order valence-corrected chi connectivity index (χ2v) is 6.04. The Morgan fingerprint density at radius 2 is 2.18 bits per heavy atom. The average Bonchev–Trinajstić information content (AvgIpc) is 2.71. The van der Waals surface area contributed by atoms with Crippen LogP contribution < -0.4 is 5.73 Å². The van der Waals surface area contributed by atoms with E-state index in [4.69, 9.17) is 10.8 Å². The van der Waals surface area contributed by atoms with E-state index < -0.39 is 6.04 Å². The number of nitrogens with zero attached hydrogens (tertiary/aromatic N) is 1. The maximum Gasteiger partial charge on any atom is 0.240 e. The van der Waals surface area contributed by atoms with Crippen molar-refractivity contribution in [3.8, 4) is 0 Å². The topological polar surface area (TPSA) is 66.6 Å². The maximum atomic E-state index is 12.3. The van der Waals surface area contributed by atoms with Crippen molar-refractivity contribution < 1.29 is 9.90 Å². The van der Waals surface area contributed by atoms with Gasteiger partial charge in [0.1, 0.15) is 0 Å². The van der Waals surface area contributed by atoms with Crippen molar-refractivity contribution in [2.24, 2.45) is 11.1 Å². The SMILES string of the molecule is CC(C)(C)[C@H](N)C(=O)N1CCCC1CCCO. The minimum absolute atomic E-state index is 0.0675. The van der Waals surface area contributed by atoms with E-state index in [1.54, 1.807) is 0 Å². The number of hydrogen-bond donors (Lipinski definition) is 2. The van der Waals surface area contributed by atoms with Gasteiger partial charge in [0.15, 0.2) is 0 Å². The minimum Gasteiger partial charge on any atom is -0.396 e. The summed E-state index contributed by atoms with van der Waals surface area (Å²) in [6.45, 7) is 7.00. The van der Waals surface area contributed by atoms with Crippen molar-refractivity contribution in [3.05, 3.63) is 0 Å². The first-order valence-electron chi connectivity index (χ1n) is 6.55. The number of aliphatic hydroxyl groups excluding tert-OH is 1. The van der Waals surface area contributed by atoms with Gasteiger partial charge < -0.3 is 15.7 Å². The highest BCUT2D eigenvalue weighted by atomic mass is 16.3. The molecule has 1 unspecified atom stereocenters. The van der Waals surface area contributed by atoms with Crippen molar-refractivity contribution in [2.75, 3.05) is 13.2 Å². The molecule has 1 aliphatic rings. The van der Waals surface area contributed by atoms with Crippen LogP contribution >= 0.6 is 0 Å². The molecule has 0 radical (unpaired) electrons. The molecule has 0 aliphatic carbocycles. The van der Waals surface area contributed by atoms with E-state index in [0.29, 0.717) is 0 Å². The fraction of sp³-hybridized carbons (Fsp3) is 0.923. The zero-order chi connectivity index (χ0) is 13.1. The zero-order valence-electron chi connectivity index (χ0n) is 11.3. The lowest BCUT2D eigenvalue weighted by Crippen LogP contribution is -2.51. The first-order valence-corrected chi connectivity index (χ1v) is 6.55. The molecule has 0 aromatic carbocycles. The Morgan fingerprint density at radius 1 is 1.53 bits per heavy atom. The van der Waals surface area contributed by atoms with Crippen LogP contribution in [0.2, 0.25) is 0 Å². The molecule has 1 saturated heterocycles. The van der Waals surface area contributed by atoms with Crippen molar-refractivity contribution in [3.63, 3.8) is 0 Å². The van der Waals surface area contributed by atoms with Gasteiger partial charge in [-0.3, -0.25) is 4.79 Å². The third-order valence-corrected chi connectivity index (χ3v) is 3.55. The van der Waals surface area contributed by atoms with E-state index in [2.05, 4.69) is 0 Å². The fourth-order valence-electron chi connectivity index (χ4n) is 2.30. The van der Waals surface area contributed by atoms with Gasteiger partial charge in [-0.25, -0.2) is 0 Å². The van der Waals surface area contributed by atoms with E-state index in [9.17, 15) is 4.79 Å². The molecule has 0 bridgehead atoms. The highest BCUT2D eigenvalue weighted by Crippen LogP contribution is 2.26. The number of likely N-dealkylation sites (tertiary alicyclic amines) is 1. The summed E-state index contributed by atoms with van der Waals surface area (Å²) in [5, 5.41) is 8.86. The second kappa shape index (κ2) is 5.83.